The molecule has 0 bridgehead atoms. The molecule has 2 N–H and O–H groups in total. The molecular weight excluding hydrogens is 126 g/mol. The fourth-order valence-corrected chi connectivity index (χ4v) is 0.934. The summed E-state index contributed by atoms with van der Waals surface area (Å²) in [5, 5.41) is 2.43. The molecule has 0 spiro atoms. The molecular formula is C4H11NO2S. The Kier molecular flexibility index (Phi) is 4.03. The number of nitrogens with one attached hydrogen (secondary N) is 1. The van der Waals surface area contributed by atoms with Crippen LogP contribution in [0.15, 0.2) is 0 Å². The average molecular weight is 137 g/mol. The Labute approximate surface area is 51.8 Å². The summed E-state index contributed by atoms with van der Waals surface area (Å²) in [6.45, 7) is 1.86. The second-order valence-electron chi connectivity index (χ2n) is 1.46. The molecule has 0 amide bonds. The lowest BCUT2D eigenvalue weighted by Gasteiger charge is -2.06. The molecule has 4 heteroatoms. The van der Waals surface area contributed by atoms with Gasteiger partial charge in [0.2, 0.25) is 0 Å². The molecule has 0 rings (SSSR count). The van der Waals surface area contributed by atoms with Crippen LogP contribution in [0.1, 0.15) is 13.3 Å². The van der Waals surface area contributed by atoms with Gasteiger partial charge in [-0.25, -0.2) is 4.21 Å². The highest BCUT2D eigenvalue weighted by atomic mass is 32.2. The van der Waals surface area contributed by atoms with Gasteiger partial charge in [-0.3, -0.25) is 0 Å². The molecule has 0 aliphatic heterocycles. The van der Waals surface area contributed by atoms with Crippen molar-refractivity contribution in [3.8, 4) is 0 Å². The van der Waals surface area contributed by atoms with E-state index in [0.717, 1.165) is 0 Å². The predicted molar refractivity (Wildman–Crippen MR) is 33.9 cm³/mol. The SMILES string of the molecule is CCC(NC)S(=O)O. The molecule has 0 aromatic rings. The van der Waals surface area contributed by atoms with Crippen molar-refractivity contribution in [3.63, 3.8) is 0 Å². The van der Waals surface area contributed by atoms with E-state index in [2.05, 4.69) is 5.32 Å². The van der Waals surface area contributed by atoms with E-state index in [-0.39, 0.29) is 5.37 Å². The number of rotatable bonds is 3. The molecule has 0 aromatic carbocycles. The largest absolute Gasteiger partial charge is 0.305 e. The molecule has 0 fully saturated rings. The summed E-state index contributed by atoms with van der Waals surface area (Å²) >= 11 is -1.71. The molecule has 0 aliphatic rings. The van der Waals surface area contributed by atoms with Gasteiger partial charge in [-0.15, -0.1) is 0 Å². The molecule has 2 unspecified atom stereocenters. The highest BCUT2D eigenvalue weighted by molar-refractivity contribution is 7.79. The Morgan fingerprint density at radius 2 is 2.38 bits per heavy atom. The van der Waals surface area contributed by atoms with Gasteiger partial charge in [0, 0.05) is 0 Å². The van der Waals surface area contributed by atoms with E-state index in [4.69, 9.17) is 4.55 Å². The standard InChI is InChI=1S/C4H11NO2S/c1-3-4(5-2)8(6)7/h4-5H,3H2,1-2H3,(H,6,7). The molecule has 0 saturated carbocycles. The molecule has 8 heavy (non-hydrogen) atoms. The maximum Gasteiger partial charge on any atom is 0.170 e. The second-order valence-corrected chi connectivity index (χ2v) is 2.58. The van der Waals surface area contributed by atoms with E-state index >= 15 is 0 Å². The zero-order valence-electron chi connectivity index (χ0n) is 5.05. The fourth-order valence-electron chi connectivity index (χ4n) is 0.448. The average Bonchev–Trinajstić information content (AvgIpc) is 1.69. The molecule has 2 atom stereocenters. The van der Waals surface area contributed by atoms with Gasteiger partial charge in [0.05, 0.1) is 0 Å². The zero-order chi connectivity index (χ0) is 6.57. The van der Waals surface area contributed by atoms with Gasteiger partial charge in [-0.1, -0.05) is 6.92 Å². The zero-order valence-corrected chi connectivity index (χ0v) is 5.86. The van der Waals surface area contributed by atoms with Crippen LogP contribution in [0.3, 0.4) is 0 Å². The number of hydrogen-bond acceptors (Lipinski definition) is 2. The lowest BCUT2D eigenvalue weighted by molar-refractivity contribution is 0.529. The Morgan fingerprint density at radius 3 is 2.38 bits per heavy atom. The summed E-state index contributed by atoms with van der Waals surface area (Å²) in [6, 6.07) is 0. The molecule has 50 valence electrons. The van der Waals surface area contributed by atoms with Gasteiger partial charge < -0.3 is 9.87 Å². The Bertz CT molecular complexity index is 82.1. The topological polar surface area (TPSA) is 49.3 Å². The van der Waals surface area contributed by atoms with Crippen LogP contribution in [0.5, 0.6) is 0 Å². The minimum Gasteiger partial charge on any atom is -0.305 e. The first-order chi connectivity index (χ1) is 3.72. The molecule has 3 nitrogen and oxygen atoms in total. The van der Waals surface area contributed by atoms with Crippen molar-refractivity contribution >= 4 is 11.1 Å². The molecule has 0 aromatic heterocycles. The van der Waals surface area contributed by atoms with Crippen molar-refractivity contribution in [2.24, 2.45) is 0 Å². The first-order valence-electron chi connectivity index (χ1n) is 2.49. The van der Waals surface area contributed by atoms with Crippen molar-refractivity contribution in [1.82, 2.24) is 5.32 Å². The lowest BCUT2D eigenvalue weighted by atomic mass is 10.5. The highest BCUT2D eigenvalue weighted by Gasteiger charge is 2.06. The normalized spacial score (nSPS) is 17.9. The van der Waals surface area contributed by atoms with Crippen molar-refractivity contribution in [3.05, 3.63) is 0 Å². The Morgan fingerprint density at radius 1 is 1.88 bits per heavy atom. The van der Waals surface area contributed by atoms with Crippen LogP contribution in [0.25, 0.3) is 0 Å². The van der Waals surface area contributed by atoms with Crippen LogP contribution in [-0.2, 0) is 11.1 Å². The summed E-state index contributed by atoms with van der Waals surface area (Å²) in [5.41, 5.74) is 0. The van der Waals surface area contributed by atoms with Gasteiger partial charge in [0.15, 0.2) is 11.1 Å². The summed E-state index contributed by atoms with van der Waals surface area (Å²) in [6.07, 6.45) is 0.680. The van der Waals surface area contributed by atoms with Gasteiger partial charge >= 0.3 is 0 Å². The van der Waals surface area contributed by atoms with Crippen molar-refractivity contribution in [2.45, 2.75) is 18.7 Å². The van der Waals surface area contributed by atoms with Crippen LogP contribution in [-0.4, -0.2) is 21.2 Å². The minimum absolute atomic E-state index is 0.269. The quantitative estimate of drug-likeness (QED) is 0.545. The van der Waals surface area contributed by atoms with Gasteiger partial charge in [0.25, 0.3) is 0 Å². The van der Waals surface area contributed by atoms with E-state index in [1.54, 1.807) is 7.05 Å². The molecule has 0 saturated heterocycles. The van der Waals surface area contributed by atoms with Gasteiger partial charge in [-0.05, 0) is 13.5 Å². The third-order valence-corrected chi connectivity index (χ3v) is 1.99. The molecule has 0 radical (unpaired) electrons. The smallest absolute Gasteiger partial charge is 0.170 e. The Balaban J connectivity index is 3.52. The fraction of sp³-hybridized carbons (Fsp3) is 1.00. The lowest BCUT2D eigenvalue weighted by Crippen LogP contribution is -2.28. The van der Waals surface area contributed by atoms with Crippen LogP contribution in [0, 0.1) is 0 Å². The van der Waals surface area contributed by atoms with Crippen LogP contribution in [0.4, 0.5) is 0 Å². The summed E-state index contributed by atoms with van der Waals surface area (Å²) < 4.78 is 18.6. The number of hydrogen-bond donors (Lipinski definition) is 2. The van der Waals surface area contributed by atoms with Crippen LogP contribution < -0.4 is 5.32 Å². The van der Waals surface area contributed by atoms with Crippen LogP contribution in [0.2, 0.25) is 0 Å². The van der Waals surface area contributed by atoms with Crippen LogP contribution >= 0.6 is 0 Å². The summed E-state index contributed by atoms with van der Waals surface area (Å²) in [5.74, 6) is 0. The maximum absolute atomic E-state index is 10.2. The minimum atomic E-state index is -1.71. The molecule has 0 aliphatic carbocycles. The van der Waals surface area contributed by atoms with E-state index in [1.165, 1.54) is 0 Å². The maximum atomic E-state index is 10.2. The first-order valence-corrected chi connectivity index (χ1v) is 3.66. The molecule has 0 heterocycles. The highest BCUT2D eigenvalue weighted by Crippen LogP contribution is 1.91. The monoisotopic (exact) mass is 137 g/mol. The Hall–Kier alpha value is 0.0700. The summed E-state index contributed by atoms with van der Waals surface area (Å²) in [7, 11) is 1.67. The third-order valence-electron chi connectivity index (χ3n) is 0.936. The van der Waals surface area contributed by atoms with E-state index < -0.39 is 11.1 Å². The van der Waals surface area contributed by atoms with Crippen molar-refractivity contribution in [1.29, 1.82) is 0 Å². The predicted octanol–water partition coefficient (Wildman–Crippen LogP) is 0.164. The van der Waals surface area contributed by atoms with E-state index in [0.29, 0.717) is 6.42 Å². The van der Waals surface area contributed by atoms with E-state index in [9.17, 15) is 4.21 Å². The van der Waals surface area contributed by atoms with Gasteiger partial charge in [-0.2, -0.15) is 0 Å². The van der Waals surface area contributed by atoms with E-state index in [1.807, 2.05) is 6.92 Å². The van der Waals surface area contributed by atoms with Crippen molar-refractivity contribution < 1.29 is 8.76 Å². The second kappa shape index (κ2) is 4.00. The third kappa shape index (κ3) is 2.40. The van der Waals surface area contributed by atoms with Gasteiger partial charge in [0.1, 0.15) is 5.37 Å². The van der Waals surface area contributed by atoms with Crippen molar-refractivity contribution in [2.75, 3.05) is 7.05 Å². The summed E-state index contributed by atoms with van der Waals surface area (Å²) in [4.78, 5) is 0. The first kappa shape index (κ1) is 8.07.